The molecule has 15 heavy (non-hydrogen) atoms. The van der Waals surface area contributed by atoms with Crippen molar-refractivity contribution in [1.29, 1.82) is 0 Å². The van der Waals surface area contributed by atoms with Crippen molar-refractivity contribution in [2.75, 3.05) is 6.54 Å². The number of rotatable bonds is 6. The van der Waals surface area contributed by atoms with E-state index in [9.17, 15) is 4.79 Å². The Bertz CT molecular complexity index is 283. The molecule has 84 valence electrons. The number of carbonyl (C=O) groups excluding carboxylic acids is 1. The zero-order valence-electron chi connectivity index (χ0n) is 9.18. The van der Waals surface area contributed by atoms with Crippen LogP contribution in [0.1, 0.15) is 26.7 Å². The first-order valence-electron chi connectivity index (χ1n) is 5.16. The van der Waals surface area contributed by atoms with Crippen molar-refractivity contribution >= 4 is 5.91 Å². The molecule has 1 heterocycles. The third kappa shape index (κ3) is 5.09. The summed E-state index contributed by atoms with van der Waals surface area (Å²) in [7, 11) is 0. The highest BCUT2D eigenvalue weighted by Gasteiger charge is 2.02. The Balaban J connectivity index is 2.09. The monoisotopic (exact) mass is 211 g/mol. The van der Waals surface area contributed by atoms with E-state index >= 15 is 0 Å². The molecule has 1 aromatic rings. The van der Waals surface area contributed by atoms with Gasteiger partial charge >= 0.3 is 0 Å². The summed E-state index contributed by atoms with van der Waals surface area (Å²) in [6, 6.07) is 0. The van der Waals surface area contributed by atoms with Gasteiger partial charge in [-0.3, -0.25) is 4.79 Å². The van der Waals surface area contributed by atoms with E-state index in [1.807, 2.05) is 0 Å². The van der Waals surface area contributed by atoms with Crippen molar-refractivity contribution in [2.24, 2.45) is 5.92 Å². The molecule has 0 unspecified atom stereocenters. The first kappa shape index (κ1) is 11.6. The molecule has 0 aromatic carbocycles. The summed E-state index contributed by atoms with van der Waals surface area (Å²) >= 11 is 0. The predicted octanol–water partition coefficient (Wildman–Crippen LogP) is 0.225. The summed E-state index contributed by atoms with van der Waals surface area (Å²) in [5.74, 6) is 0.632. The van der Waals surface area contributed by atoms with Gasteiger partial charge in [0.25, 0.3) is 0 Å². The first-order chi connectivity index (χ1) is 7.18. The highest BCUT2D eigenvalue weighted by Crippen LogP contribution is 2.01. The molecule has 0 atom stereocenters. The zero-order valence-corrected chi connectivity index (χ0v) is 9.18. The maximum absolute atomic E-state index is 11.3. The third-order valence-corrected chi connectivity index (χ3v) is 1.98. The van der Waals surface area contributed by atoms with E-state index in [1.54, 1.807) is 0 Å². The SMILES string of the molecule is CC(C)CCCNC(=O)Cn1cnnn1. The van der Waals surface area contributed by atoms with Crippen LogP contribution in [0.25, 0.3) is 0 Å². The molecule has 0 aliphatic carbocycles. The van der Waals surface area contributed by atoms with Crippen LogP contribution in [0.3, 0.4) is 0 Å². The fourth-order valence-electron chi connectivity index (χ4n) is 1.19. The average Bonchev–Trinajstić information content (AvgIpc) is 2.64. The lowest BCUT2D eigenvalue weighted by Crippen LogP contribution is -2.28. The van der Waals surface area contributed by atoms with Crippen LogP contribution in [-0.4, -0.2) is 32.7 Å². The van der Waals surface area contributed by atoms with E-state index in [0.717, 1.165) is 19.4 Å². The van der Waals surface area contributed by atoms with Crippen LogP contribution in [0, 0.1) is 5.92 Å². The standard InChI is InChI=1S/C9H17N5O/c1-8(2)4-3-5-10-9(15)6-14-7-11-12-13-14/h7-8H,3-6H2,1-2H3,(H,10,15). The number of aromatic nitrogens is 4. The van der Waals surface area contributed by atoms with Crippen LogP contribution >= 0.6 is 0 Å². The van der Waals surface area contributed by atoms with Crippen LogP contribution in [-0.2, 0) is 11.3 Å². The van der Waals surface area contributed by atoms with Gasteiger partial charge in [-0.25, -0.2) is 4.68 Å². The second-order valence-electron chi connectivity index (χ2n) is 3.89. The van der Waals surface area contributed by atoms with E-state index in [4.69, 9.17) is 0 Å². The number of hydrogen-bond donors (Lipinski definition) is 1. The molecule has 0 saturated heterocycles. The minimum atomic E-state index is -0.0499. The minimum absolute atomic E-state index is 0.0499. The van der Waals surface area contributed by atoms with E-state index < -0.39 is 0 Å². The molecule has 1 amide bonds. The van der Waals surface area contributed by atoms with Crippen LogP contribution < -0.4 is 5.32 Å². The largest absolute Gasteiger partial charge is 0.354 e. The Morgan fingerprint density at radius 3 is 2.93 bits per heavy atom. The number of nitrogens with one attached hydrogen (secondary N) is 1. The van der Waals surface area contributed by atoms with Crippen LogP contribution in [0.5, 0.6) is 0 Å². The van der Waals surface area contributed by atoms with Crippen LogP contribution in [0.15, 0.2) is 6.33 Å². The zero-order chi connectivity index (χ0) is 11.1. The lowest BCUT2D eigenvalue weighted by atomic mass is 10.1. The van der Waals surface area contributed by atoms with Crippen LogP contribution in [0.2, 0.25) is 0 Å². The van der Waals surface area contributed by atoms with Crippen molar-refractivity contribution in [2.45, 2.75) is 33.2 Å². The van der Waals surface area contributed by atoms with Crippen molar-refractivity contribution < 1.29 is 4.79 Å². The molecule has 1 N–H and O–H groups in total. The topological polar surface area (TPSA) is 72.7 Å². The average molecular weight is 211 g/mol. The molecule has 0 bridgehead atoms. The second kappa shape index (κ2) is 6.10. The summed E-state index contributed by atoms with van der Waals surface area (Å²) < 4.78 is 1.40. The summed E-state index contributed by atoms with van der Waals surface area (Å²) in [4.78, 5) is 11.3. The molecular formula is C9H17N5O. The van der Waals surface area contributed by atoms with E-state index in [1.165, 1.54) is 11.0 Å². The van der Waals surface area contributed by atoms with Gasteiger partial charge in [0.1, 0.15) is 12.9 Å². The molecule has 0 radical (unpaired) electrons. The second-order valence-corrected chi connectivity index (χ2v) is 3.89. The molecule has 6 heteroatoms. The number of tetrazole rings is 1. The quantitative estimate of drug-likeness (QED) is 0.683. The molecule has 1 aromatic heterocycles. The number of carbonyl (C=O) groups is 1. The van der Waals surface area contributed by atoms with Gasteiger partial charge in [-0.2, -0.15) is 0 Å². The summed E-state index contributed by atoms with van der Waals surface area (Å²) in [5, 5.41) is 13.3. The minimum Gasteiger partial charge on any atom is -0.354 e. The maximum atomic E-state index is 11.3. The first-order valence-corrected chi connectivity index (χ1v) is 5.16. The van der Waals surface area contributed by atoms with E-state index in [-0.39, 0.29) is 12.5 Å². The number of amides is 1. The summed E-state index contributed by atoms with van der Waals surface area (Å²) in [5.41, 5.74) is 0. The third-order valence-electron chi connectivity index (χ3n) is 1.98. The summed E-state index contributed by atoms with van der Waals surface area (Å²) in [6.07, 6.45) is 3.57. The molecule has 0 aliphatic heterocycles. The summed E-state index contributed by atoms with van der Waals surface area (Å²) in [6.45, 7) is 5.25. The molecular weight excluding hydrogens is 194 g/mol. The Kier molecular flexibility index (Phi) is 4.73. The van der Waals surface area contributed by atoms with Gasteiger partial charge in [0.15, 0.2) is 0 Å². The Labute approximate surface area is 89.0 Å². The van der Waals surface area contributed by atoms with Crippen LogP contribution in [0.4, 0.5) is 0 Å². The Hall–Kier alpha value is -1.46. The smallest absolute Gasteiger partial charge is 0.241 e. The number of hydrogen-bond acceptors (Lipinski definition) is 4. The van der Waals surface area contributed by atoms with E-state index in [0.29, 0.717) is 5.92 Å². The van der Waals surface area contributed by atoms with Gasteiger partial charge < -0.3 is 5.32 Å². The molecule has 6 nitrogen and oxygen atoms in total. The Morgan fingerprint density at radius 2 is 2.33 bits per heavy atom. The van der Waals surface area contributed by atoms with E-state index in [2.05, 4.69) is 34.7 Å². The van der Waals surface area contributed by atoms with Gasteiger partial charge in [-0.05, 0) is 29.2 Å². The fourth-order valence-corrected chi connectivity index (χ4v) is 1.19. The van der Waals surface area contributed by atoms with Crippen molar-refractivity contribution in [3.8, 4) is 0 Å². The van der Waals surface area contributed by atoms with Gasteiger partial charge in [0, 0.05) is 6.54 Å². The molecule has 0 aliphatic rings. The lowest BCUT2D eigenvalue weighted by molar-refractivity contribution is -0.121. The van der Waals surface area contributed by atoms with Crippen molar-refractivity contribution in [3.63, 3.8) is 0 Å². The molecule has 0 fully saturated rings. The van der Waals surface area contributed by atoms with Gasteiger partial charge in [0.2, 0.25) is 5.91 Å². The number of nitrogens with zero attached hydrogens (tertiary/aromatic N) is 4. The Morgan fingerprint density at radius 1 is 1.53 bits per heavy atom. The van der Waals surface area contributed by atoms with Gasteiger partial charge in [-0.1, -0.05) is 13.8 Å². The molecule has 0 spiro atoms. The molecule has 0 saturated carbocycles. The molecule has 1 rings (SSSR count). The van der Waals surface area contributed by atoms with Crippen molar-refractivity contribution in [1.82, 2.24) is 25.5 Å². The van der Waals surface area contributed by atoms with Gasteiger partial charge in [0.05, 0.1) is 0 Å². The normalized spacial score (nSPS) is 10.6. The highest BCUT2D eigenvalue weighted by atomic mass is 16.2. The predicted molar refractivity (Wildman–Crippen MR) is 54.9 cm³/mol. The highest BCUT2D eigenvalue weighted by molar-refractivity contribution is 5.75. The fraction of sp³-hybridized carbons (Fsp3) is 0.778. The lowest BCUT2D eigenvalue weighted by Gasteiger charge is -2.06. The van der Waals surface area contributed by atoms with Gasteiger partial charge in [-0.15, -0.1) is 5.10 Å². The van der Waals surface area contributed by atoms with Crippen molar-refractivity contribution in [3.05, 3.63) is 6.33 Å². The maximum Gasteiger partial charge on any atom is 0.241 e.